The van der Waals surface area contributed by atoms with Crippen molar-refractivity contribution in [2.24, 2.45) is 4.99 Å². The molecule has 0 saturated heterocycles. The molecular weight excluding hydrogens is 718 g/mol. The number of rotatable bonds is 14. The highest BCUT2D eigenvalue weighted by Crippen LogP contribution is 2.43. The third kappa shape index (κ3) is 7.55. The van der Waals surface area contributed by atoms with Gasteiger partial charge in [-0.3, -0.25) is 10.2 Å². The van der Waals surface area contributed by atoms with Crippen LogP contribution in [0.1, 0.15) is 34.8 Å². The van der Waals surface area contributed by atoms with Gasteiger partial charge in [0.05, 0.1) is 20.8 Å². The number of carbonyl (C=O) groups is 1. The topological polar surface area (TPSA) is 111 Å². The van der Waals surface area contributed by atoms with Crippen LogP contribution in [-0.4, -0.2) is 49.9 Å². The molecule has 9 nitrogen and oxygen atoms in total. The van der Waals surface area contributed by atoms with Crippen LogP contribution < -0.4 is 25.1 Å². The Labute approximate surface area is 285 Å². The Morgan fingerprint density at radius 2 is 1.67 bits per heavy atom. The number of nitrogens with zero attached hydrogens (tertiary/aromatic N) is 1. The summed E-state index contributed by atoms with van der Waals surface area (Å²) < 4.78 is 25.1. The molecule has 4 aromatic rings. The van der Waals surface area contributed by atoms with Crippen molar-refractivity contribution >= 4 is 43.7 Å². The van der Waals surface area contributed by atoms with Gasteiger partial charge in [-0.2, -0.15) is 0 Å². The zero-order valence-electron chi connectivity index (χ0n) is 25.5. The van der Waals surface area contributed by atoms with Crippen LogP contribution in [0.2, 0.25) is 0 Å². The van der Waals surface area contributed by atoms with Crippen molar-refractivity contribution in [2.75, 3.05) is 27.4 Å². The fourth-order valence-electron chi connectivity index (χ4n) is 5.27. The van der Waals surface area contributed by atoms with E-state index in [4.69, 9.17) is 29.0 Å². The van der Waals surface area contributed by atoms with Gasteiger partial charge in [0.2, 0.25) is 5.90 Å². The first-order chi connectivity index (χ1) is 22.4. The molecule has 1 heterocycles. The first-order valence-electron chi connectivity index (χ1n) is 14.7. The van der Waals surface area contributed by atoms with E-state index in [9.17, 15) is 4.79 Å². The van der Waals surface area contributed by atoms with Gasteiger partial charge in [0.25, 0.3) is 5.91 Å². The summed E-state index contributed by atoms with van der Waals surface area (Å²) in [5, 5.41) is 9.07. The van der Waals surface area contributed by atoms with Crippen LogP contribution in [0, 0.1) is 0 Å². The minimum Gasteiger partial charge on any atom is -0.494 e. The van der Waals surface area contributed by atoms with Crippen LogP contribution in [0.15, 0.2) is 105 Å². The van der Waals surface area contributed by atoms with Gasteiger partial charge < -0.3 is 24.1 Å². The Bertz CT molecular complexity index is 1670. The number of hydrazine groups is 1. The third-order valence-electron chi connectivity index (χ3n) is 7.59. The number of halogens is 2. The van der Waals surface area contributed by atoms with Crippen molar-refractivity contribution in [3.8, 4) is 17.2 Å². The second kappa shape index (κ2) is 15.6. The lowest BCUT2D eigenvalue weighted by molar-refractivity contribution is -0.130. The van der Waals surface area contributed by atoms with Crippen LogP contribution >= 0.6 is 31.9 Å². The van der Waals surface area contributed by atoms with Crippen LogP contribution in [0.4, 0.5) is 0 Å². The summed E-state index contributed by atoms with van der Waals surface area (Å²) in [6, 6.07) is 28.4. The number of methoxy groups -OCH3 is 2. The van der Waals surface area contributed by atoms with Crippen LogP contribution in [-0.2, 0) is 22.5 Å². The molecule has 1 aliphatic rings. The molecule has 0 aromatic heterocycles. The quantitative estimate of drug-likeness (QED) is 0.102. The molecule has 5 rings (SSSR count). The molecule has 2 atom stereocenters. The minimum atomic E-state index is -1.39. The Hall–Kier alpha value is -3.90. The van der Waals surface area contributed by atoms with E-state index < -0.39 is 11.6 Å². The van der Waals surface area contributed by atoms with Crippen LogP contribution in [0.25, 0.3) is 0 Å². The number of hydrogen-bond acceptors (Lipinski definition) is 8. The zero-order valence-corrected chi connectivity index (χ0v) is 28.6. The Kier molecular flexibility index (Phi) is 11.3. The summed E-state index contributed by atoms with van der Waals surface area (Å²) in [7, 11) is 3.16. The van der Waals surface area contributed by atoms with Crippen molar-refractivity contribution in [1.82, 2.24) is 10.9 Å². The highest BCUT2D eigenvalue weighted by molar-refractivity contribution is 9.10. The molecule has 0 fully saturated rings. The lowest BCUT2D eigenvalue weighted by atomic mass is 9.82. The van der Waals surface area contributed by atoms with Crippen molar-refractivity contribution in [1.29, 1.82) is 0 Å². The summed E-state index contributed by atoms with van der Waals surface area (Å²) in [5.41, 5.74) is 7.81. The molecule has 0 aliphatic carbocycles. The first kappa shape index (κ1) is 33.5. The Balaban J connectivity index is 1.52. The molecule has 0 unspecified atom stereocenters. The molecule has 11 heteroatoms. The molecule has 4 aromatic carbocycles. The van der Waals surface area contributed by atoms with E-state index in [0.29, 0.717) is 41.7 Å². The second-order valence-electron chi connectivity index (χ2n) is 10.6. The number of aliphatic hydroxyl groups excluding tert-OH is 1. The predicted octanol–water partition coefficient (Wildman–Crippen LogP) is 6.31. The molecule has 1 amide bonds. The molecule has 240 valence electrons. The summed E-state index contributed by atoms with van der Waals surface area (Å²) in [5.74, 6) is 1.81. The fourth-order valence-corrected chi connectivity index (χ4v) is 5.96. The number of nitrogens with one attached hydrogen (secondary N) is 2. The van der Waals surface area contributed by atoms with Crippen molar-refractivity contribution in [3.05, 3.63) is 122 Å². The van der Waals surface area contributed by atoms with E-state index >= 15 is 0 Å². The smallest absolute Gasteiger partial charge is 0.266 e. The predicted molar refractivity (Wildman–Crippen MR) is 183 cm³/mol. The van der Waals surface area contributed by atoms with Gasteiger partial charge in [-0.25, -0.2) is 10.4 Å². The van der Waals surface area contributed by atoms with E-state index in [1.807, 2.05) is 91.0 Å². The van der Waals surface area contributed by atoms with Gasteiger partial charge in [0, 0.05) is 46.1 Å². The normalized spacial score (nSPS) is 17.2. The third-order valence-corrected chi connectivity index (χ3v) is 8.89. The molecule has 0 saturated carbocycles. The van der Waals surface area contributed by atoms with Crippen molar-refractivity contribution in [3.63, 3.8) is 0 Å². The lowest BCUT2D eigenvalue weighted by Crippen LogP contribution is -2.53. The average molecular weight is 753 g/mol. The maximum absolute atomic E-state index is 14.5. The standard InChI is InChI=1S/C35H35Br2N3O6/c1-43-30-10-5-8-26(31(30)44-2)22-38-40-34(42)35(21-25-7-3-4-9-29(25)37)32(23-11-15-27(36)16-12-23)46-33(39-35)24-13-17-28(18-14-24)45-20-6-19-41/h3-5,7-18,32,38,41H,6,19-22H2,1-2H3,(H,40,42)/t32-,35-/m0/s1. The maximum Gasteiger partial charge on any atom is 0.266 e. The lowest BCUT2D eigenvalue weighted by Gasteiger charge is -2.31. The number of aliphatic hydroxyl groups is 1. The summed E-state index contributed by atoms with van der Waals surface area (Å²) in [6.07, 6.45) is 0.0331. The molecule has 0 bridgehead atoms. The maximum atomic E-state index is 14.5. The molecule has 46 heavy (non-hydrogen) atoms. The highest BCUT2D eigenvalue weighted by atomic mass is 79.9. The van der Waals surface area contributed by atoms with Crippen LogP contribution in [0.5, 0.6) is 17.2 Å². The molecule has 0 radical (unpaired) electrons. The molecule has 3 N–H and O–H groups in total. The number of hydrogen-bond donors (Lipinski definition) is 3. The SMILES string of the molecule is COc1cccc(CNNC(=O)[C@@]2(Cc3ccccc3Br)N=C(c3ccc(OCCCO)cc3)O[C@H]2c2ccc(Br)cc2)c1OC. The number of benzene rings is 4. The second-order valence-corrected chi connectivity index (χ2v) is 12.3. The number of amides is 1. The molecular formula is C35H35Br2N3O6. The van der Waals surface area contributed by atoms with Gasteiger partial charge in [-0.1, -0.05) is 74.3 Å². The Morgan fingerprint density at radius 1 is 0.935 bits per heavy atom. The summed E-state index contributed by atoms with van der Waals surface area (Å²) in [4.78, 5) is 19.6. The van der Waals surface area contributed by atoms with Gasteiger partial charge in [0.15, 0.2) is 23.1 Å². The van der Waals surface area contributed by atoms with Crippen molar-refractivity contribution < 1.29 is 28.8 Å². The minimum absolute atomic E-state index is 0.0593. The molecule has 0 spiro atoms. The van der Waals surface area contributed by atoms with E-state index in [1.165, 1.54) is 0 Å². The van der Waals surface area contributed by atoms with Gasteiger partial charge in [0.1, 0.15) is 5.75 Å². The first-order valence-corrected chi connectivity index (χ1v) is 16.3. The van der Waals surface area contributed by atoms with Gasteiger partial charge >= 0.3 is 0 Å². The van der Waals surface area contributed by atoms with E-state index in [-0.39, 0.29) is 25.5 Å². The largest absolute Gasteiger partial charge is 0.494 e. The summed E-state index contributed by atoms with van der Waals surface area (Å²) in [6.45, 7) is 0.738. The van der Waals surface area contributed by atoms with E-state index in [0.717, 1.165) is 25.6 Å². The van der Waals surface area contributed by atoms with E-state index in [1.54, 1.807) is 14.2 Å². The van der Waals surface area contributed by atoms with Crippen LogP contribution in [0.3, 0.4) is 0 Å². The average Bonchev–Trinajstić information content (AvgIpc) is 3.46. The number of para-hydroxylation sites is 1. The number of aliphatic imine (C=N–C) groups is 1. The van der Waals surface area contributed by atoms with Gasteiger partial charge in [-0.05, 0) is 59.7 Å². The number of ether oxygens (including phenoxy) is 4. The van der Waals surface area contributed by atoms with Gasteiger partial charge in [-0.15, -0.1) is 0 Å². The molecule has 1 aliphatic heterocycles. The summed E-state index contributed by atoms with van der Waals surface area (Å²) >= 11 is 7.19. The number of carbonyl (C=O) groups excluding carboxylic acids is 1. The fraction of sp³-hybridized carbons (Fsp3) is 0.257. The highest BCUT2D eigenvalue weighted by Gasteiger charge is 2.53. The Morgan fingerprint density at radius 3 is 2.37 bits per heavy atom. The zero-order chi connectivity index (χ0) is 32.5. The van der Waals surface area contributed by atoms with E-state index in [2.05, 4.69) is 42.7 Å². The van der Waals surface area contributed by atoms with Crippen molar-refractivity contribution in [2.45, 2.75) is 31.0 Å². The monoisotopic (exact) mass is 751 g/mol.